The zero-order chi connectivity index (χ0) is 9.26. The van der Waals surface area contributed by atoms with E-state index in [1.807, 2.05) is 6.07 Å². The molecule has 70 valence electrons. The minimum absolute atomic E-state index is 0.465. The Morgan fingerprint density at radius 3 is 3.00 bits per heavy atom. The summed E-state index contributed by atoms with van der Waals surface area (Å²) < 4.78 is 6.62. The second-order valence-corrected chi connectivity index (χ2v) is 4.69. The zero-order valence-corrected chi connectivity index (χ0v) is 9.88. The summed E-state index contributed by atoms with van der Waals surface area (Å²) in [7, 11) is 0. The average Bonchev–Trinajstić information content (AvgIpc) is 2.87. The highest BCUT2D eigenvalue weighted by Gasteiger charge is 2.22. The molecule has 2 rings (SSSR count). The van der Waals surface area contributed by atoms with Crippen molar-refractivity contribution in [3.05, 3.63) is 21.0 Å². The Morgan fingerprint density at radius 1 is 1.62 bits per heavy atom. The average molecular weight is 310 g/mol. The number of pyridine rings is 1. The van der Waals surface area contributed by atoms with Crippen molar-refractivity contribution in [2.75, 3.05) is 6.61 Å². The third-order valence-electron chi connectivity index (χ3n) is 1.97. The Bertz CT molecular complexity index is 294. The van der Waals surface area contributed by atoms with Crippen molar-refractivity contribution < 1.29 is 4.74 Å². The first kappa shape index (κ1) is 9.52. The van der Waals surface area contributed by atoms with Crippen LogP contribution in [0.2, 0.25) is 5.15 Å². The predicted molar refractivity (Wildman–Crippen MR) is 60.2 cm³/mol. The van der Waals surface area contributed by atoms with Gasteiger partial charge in [0.25, 0.3) is 0 Å². The molecule has 0 bridgehead atoms. The van der Waals surface area contributed by atoms with Gasteiger partial charge in [-0.2, -0.15) is 0 Å². The molecule has 1 aliphatic carbocycles. The van der Waals surface area contributed by atoms with Crippen LogP contribution in [0.1, 0.15) is 12.8 Å². The largest absolute Gasteiger partial charge is 0.489 e. The molecule has 1 heterocycles. The number of halogens is 2. The molecular weight excluding hydrogens is 300 g/mol. The van der Waals surface area contributed by atoms with Gasteiger partial charge in [0, 0.05) is 6.20 Å². The van der Waals surface area contributed by atoms with E-state index in [9.17, 15) is 0 Å². The van der Waals surface area contributed by atoms with Crippen LogP contribution in [0.15, 0.2) is 12.3 Å². The van der Waals surface area contributed by atoms with E-state index >= 15 is 0 Å². The quantitative estimate of drug-likeness (QED) is 0.632. The molecule has 0 unspecified atom stereocenters. The molecule has 0 atom stereocenters. The van der Waals surface area contributed by atoms with Crippen LogP contribution in [0.5, 0.6) is 5.75 Å². The summed E-state index contributed by atoms with van der Waals surface area (Å²) in [6, 6.07) is 1.90. The number of nitrogens with zero attached hydrogens (tertiary/aromatic N) is 1. The van der Waals surface area contributed by atoms with E-state index in [0.717, 1.165) is 21.8 Å². The normalized spacial score (nSPS) is 15.8. The molecule has 0 N–H and O–H groups in total. The zero-order valence-electron chi connectivity index (χ0n) is 6.96. The Kier molecular flexibility index (Phi) is 2.93. The minimum atomic E-state index is 0.465. The second-order valence-electron chi connectivity index (χ2n) is 3.17. The maximum absolute atomic E-state index is 5.89. The highest BCUT2D eigenvalue weighted by Crippen LogP contribution is 2.32. The van der Waals surface area contributed by atoms with Gasteiger partial charge in [0.2, 0.25) is 0 Å². The van der Waals surface area contributed by atoms with Gasteiger partial charge in [0.05, 0.1) is 10.2 Å². The molecule has 0 aromatic carbocycles. The lowest BCUT2D eigenvalue weighted by Crippen LogP contribution is -2.01. The van der Waals surface area contributed by atoms with Crippen LogP contribution in [0.4, 0.5) is 0 Å². The van der Waals surface area contributed by atoms with Crippen molar-refractivity contribution in [2.24, 2.45) is 5.92 Å². The standard InChI is InChI=1S/C9H9ClINO/c10-9-8(7(11)3-4-12-9)13-5-6-1-2-6/h3-4,6H,1-2,5H2. The molecule has 1 fully saturated rings. The van der Waals surface area contributed by atoms with E-state index in [0.29, 0.717) is 5.15 Å². The molecular formula is C9H9ClINO. The van der Waals surface area contributed by atoms with E-state index in [1.54, 1.807) is 6.20 Å². The highest BCUT2D eigenvalue weighted by molar-refractivity contribution is 14.1. The number of rotatable bonds is 3. The van der Waals surface area contributed by atoms with E-state index in [2.05, 4.69) is 27.6 Å². The number of hydrogen-bond donors (Lipinski definition) is 0. The lowest BCUT2D eigenvalue weighted by atomic mass is 10.4. The van der Waals surface area contributed by atoms with Gasteiger partial charge in [-0.05, 0) is 47.4 Å². The molecule has 0 amide bonds. The molecule has 0 aliphatic heterocycles. The molecule has 4 heteroatoms. The van der Waals surface area contributed by atoms with E-state index in [4.69, 9.17) is 16.3 Å². The minimum Gasteiger partial charge on any atom is -0.489 e. The lowest BCUT2D eigenvalue weighted by Gasteiger charge is -2.07. The smallest absolute Gasteiger partial charge is 0.172 e. The van der Waals surface area contributed by atoms with Gasteiger partial charge in [0.15, 0.2) is 10.9 Å². The van der Waals surface area contributed by atoms with Gasteiger partial charge < -0.3 is 4.74 Å². The van der Waals surface area contributed by atoms with Crippen molar-refractivity contribution in [3.63, 3.8) is 0 Å². The molecule has 1 saturated carbocycles. The SMILES string of the molecule is Clc1nccc(I)c1OCC1CC1. The first-order chi connectivity index (χ1) is 6.27. The summed E-state index contributed by atoms with van der Waals surface area (Å²) in [5, 5.41) is 0.465. The van der Waals surface area contributed by atoms with Crippen LogP contribution in [0.3, 0.4) is 0 Å². The summed E-state index contributed by atoms with van der Waals surface area (Å²) in [6.45, 7) is 0.779. The Balaban J connectivity index is 2.07. The van der Waals surface area contributed by atoms with Gasteiger partial charge in [-0.3, -0.25) is 0 Å². The molecule has 1 aromatic heterocycles. The highest BCUT2D eigenvalue weighted by atomic mass is 127. The summed E-state index contributed by atoms with van der Waals surface area (Å²) in [5.74, 6) is 1.48. The Morgan fingerprint density at radius 2 is 2.38 bits per heavy atom. The maximum Gasteiger partial charge on any atom is 0.172 e. The number of hydrogen-bond acceptors (Lipinski definition) is 2. The predicted octanol–water partition coefficient (Wildman–Crippen LogP) is 3.13. The summed E-state index contributed by atoms with van der Waals surface area (Å²) in [6.07, 6.45) is 4.26. The Hall–Kier alpha value is -0.0300. The van der Waals surface area contributed by atoms with Gasteiger partial charge in [-0.15, -0.1) is 0 Å². The summed E-state index contributed by atoms with van der Waals surface area (Å²) in [4.78, 5) is 3.97. The van der Waals surface area contributed by atoms with Crippen molar-refractivity contribution in [1.29, 1.82) is 0 Å². The third kappa shape index (κ3) is 2.47. The van der Waals surface area contributed by atoms with Crippen LogP contribution >= 0.6 is 34.2 Å². The fourth-order valence-corrected chi connectivity index (χ4v) is 1.96. The fourth-order valence-electron chi connectivity index (χ4n) is 1.02. The topological polar surface area (TPSA) is 22.1 Å². The monoisotopic (exact) mass is 309 g/mol. The lowest BCUT2D eigenvalue weighted by molar-refractivity contribution is 0.297. The molecule has 1 aromatic rings. The molecule has 13 heavy (non-hydrogen) atoms. The van der Waals surface area contributed by atoms with Crippen molar-refractivity contribution in [1.82, 2.24) is 4.98 Å². The first-order valence-electron chi connectivity index (χ1n) is 4.20. The van der Waals surface area contributed by atoms with E-state index in [-0.39, 0.29) is 0 Å². The second kappa shape index (κ2) is 4.00. The number of ether oxygens (including phenoxy) is 1. The molecule has 0 radical (unpaired) electrons. The van der Waals surface area contributed by atoms with Gasteiger partial charge in [-0.1, -0.05) is 11.6 Å². The van der Waals surface area contributed by atoms with Crippen LogP contribution in [0.25, 0.3) is 0 Å². The molecule has 0 saturated heterocycles. The number of aromatic nitrogens is 1. The van der Waals surface area contributed by atoms with Crippen LogP contribution in [-0.4, -0.2) is 11.6 Å². The van der Waals surface area contributed by atoms with Crippen molar-refractivity contribution in [3.8, 4) is 5.75 Å². The third-order valence-corrected chi connectivity index (χ3v) is 3.09. The van der Waals surface area contributed by atoms with Crippen molar-refractivity contribution >= 4 is 34.2 Å². The first-order valence-corrected chi connectivity index (χ1v) is 5.66. The summed E-state index contributed by atoms with van der Waals surface area (Å²) in [5.41, 5.74) is 0. The molecule has 1 aliphatic rings. The van der Waals surface area contributed by atoms with E-state index < -0.39 is 0 Å². The van der Waals surface area contributed by atoms with Crippen molar-refractivity contribution in [2.45, 2.75) is 12.8 Å². The van der Waals surface area contributed by atoms with Gasteiger partial charge in [-0.25, -0.2) is 4.98 Å². The summed E-state index contributed by atoms with van der Waals surface area (Å²) >= 11 is 8.10. The molecule has 2 nitrogen and oxygen atoms in total. The fraction of sp³-hybridized carbons (Fsp3) is 0.444. The van der Waals surface area contributed by atoms with Gasteiger partial charge >= 0.3 is 0 Å². The molecule has 0 spiro atoms. The van der Waals surface area contributed by atoms with Crippen LogP contribution in [0, 0.1) is 9.49 Å². The van der Waals surface area contributed by atoms with Crippen LogP contribution in [-0.2, 0) is 0 Å². The van der Waals surface area contributed by atoms with Gasteiger partial charge in [0.1, 0.15) is 0 Å². The Labute approximate surface area is 95.8 Å². The van der Waals surface area contributed by atoms with Crippen LogP contribution < -0.4 is 4.74 Å². The maximum atomic E-state index is 5.89. The van der Waals surface area contributed by atoms with E-state index in [1.165, 1.54) is 12.8 Å².